The van der Waals surface area contributed by atoms with Crippen molar-refractivity contribution < 1.29 is 4.74 Å². The summed E-state index contributed by atoms with van der Waals surface area (Å²) in [5.41, 5.74) is 6.58. The summed E-state index contributed by atoms with van der Waals surface area (Å²) < 4.78 is 5.76. The Labute approximate surface area is 99.9 Å². The molecular formula is C14H27NO. The van der Waals surface area contributed by atoms with Gasteiger partial charge in [0.05, 0.1) is 5.60 Å². The quantitative estimate of drug-likeness (QED) is 0.798. The molecule has 0 aromatic carbocycles. The zero-order chi connectivity index (χ0) is 11.6. The number of rotatable bonds is 4. The lowest BCUT2D eigenvalue weighted by Gasteiger charge is -2.50. The minimum absolute atomic E-state index is 0.0371. The Morgan fingerprint density at radius 3 is 2.44 bits per heavy atom. The largest absolute Gasteiger partial charge is 0.377 e. The van der Waals surface area contributed by atoms with E-state index >= 15 is 0 Å². The van der Waals surface area contributed by atoms with Crippen molar-refractivity contribution in [2.75, 3.05) is 7.11 Å². The molecule has 3 atom stereocenters. The SMILES string of the molecule is CCC1CCCCC1C(N)C1(OC)CCC1. The third-order valence-corrected chi connectivity index (χ3v) is 5.17. The second-order valence-electron chi connectivity index (χ2n) is 5.76. The fourth-order valence-corrected chi connectivity index (χ4v) is 3.80. The average Bonchev–Trinajstić information content (AvgIpc) is 2.28. The van der Waals surface area contributed by atoms with Crippen LogP contribution in [0, 0.1) is 11.8 Å². The van der Waals surface area contributed by atoms with Gasteiger partial charge in [0.25, 0.3) is 0 Å². The van der Waals surface area contributed by atoms with Gasteiger partial charge < -0.3 is 10.5 Å². The topological polar surface area (TPSA) is 35.2 Å². The summed E-state index contributed by atoms with van der Waals surface area (Å²) in [7, 11) is 1.85. The molecule has 0 aliphatic heterocycles. The lowest BCUT2D eigenvalue weighted by Crippen LogP contribution is -2.59. The molecule has 0 spiro atoms. The van der Waals surface area contributed by atoms with Gasteiger partial charge in [0.2, 0.25) is 0 Å². The molecule has 0 radical (unpaired) electrons. The van der Waals surface area contributed by atoms with E-state index in [-0.39, 0.29) is 11.6 Å². The number of ether oxygens (including phenoxy) is 1. The van der Waals surface area contributed by atoms with Gasteiger partial charge in [-0.25, -0.2) is 0 Å². The molecule has 0 bridgehead atoms. The molecule has 16 heavy (non-hydrogen) atoms. The smallest absolute Gasteiger partial charge is 0.0831 e. The maximum atomic E-state index is 6.54. The van der Waals surface area contributed by atoms with E-state index in [0.717, 1.165) is 5.92 Å². The van der Waals surface area contributed by atoms with Crippen molar-refractivity contribution in [1.29, 1.82) is 0 Å². The molecule has 2 N–H and O–H groups in total. The van der Waals surface area contributed by atoms with Gasteiger partial charge in [0.15, 0.2) is 0 Å². The second-order valence-corrected chi connectivity index (χ2v) is 5.76. The van der Waals surface area contributed by atoms with Crippen molar-refractivity contribution in [1.82, 2.24) is 0 Å². The van der Waals surface area contributed by atoms with E-state index in [0.29, 0.717) is 5.92 Å². The number of nitrogens with two attached hydrogens (primary N) is 1. The first-order valence-electron chi connectivity index (χ1n) is 7.04. The Kier molecular flexibility index (Phi) is 3.91. The first-order valence-corrected chi connectivity index (χ1v) is 7.04. The summed E-state index contributed by atoms with van der Waals surface area (Å²) >= 11 is 0. The first-order chi connectivity index (χ1) is 7.73. The van der Waals surface area contributed by atoms with E-state index in [1.54, 1.807) is 0 Å². The van der Waals surface area contributed by atoms with Gasteiger partial charge in [-0.05, 0) is 37.5 Å². The first kappa shape index (κ1) is 12.4. The average molecular weight is 225 g/mol. The van der Waals surface area contributed by atoms with Gasteiger partial charge in [-0.15, -0.1) is 0 Å². The molecule has 0 aromatic heterocycles. The highest BCUT2D eigenvalue weighted by molar-refractivity contribution is 5.02. The highest BCUT2D eigenvalue weighted by atomic mass is 16.5. The molecule has 2 aliphatic rings. The second kappa shape index (κ2) is 5.05. The molecule has 2 nitrogen and oxygen atoms in total. The third-order valence-electron chi connectivity index (χ3n) is 5.17. The predicted octanol–water partition coefficient (Wildman–Crippen LogP) is 3.10. The molecule has 2 fully saturated rings. The standard InChI is InChI=1S/C14H27NO/c1-3-11-7-4-5-8-12(11)13(15)14(16-2)9-6-10-14/h11-13H,3-10,15H2,1-2H3. The molecule has 3 unspecified atom stereocenters. The van der Waals surface area contributed by atoms with Crippen molar-refractivity contribution >= 4 is 0 Å². The minimum atomic E-state index is 0.0371. The Bertz CT molecular complexity index is 219. The zero-order valence-corrected chi connectivity index (χ0v) is 10.9. The lowest BCUT2D eigenvalue weighted by molar-refractivity contribution is -0.110. The number of hydrogen-bond donors (Lipinski definition) is 1. The molecule has 2 rings (SSSR count). The van der Waals surface area contributed by atoms with Crippen molar-refractivity contribution in [2.45, 2.75) is 69.9 Å². The van der Waals surface area contributed by atoms with Gasteiger partial charge >= 0.3 is 0 Å². The highest BCUT2D eigenvalue weighted by Crippen LogP contribution is 2.44. The fourth-order valence-electron chi connectivity index (χ4n) is 3.80. The fraction of sp³-hybridized carbons (Fsp3) is 1.00. The van der Waals surface area contributed by atoms with E-state index in [9.17, 15) is 0 Å². The Balaban J connectivity index is 2.03. The third kappa shape index (κ3) is 2.02. The van der Waals surface area contributed by atoms with Crippen LogP contribution in [0.15, 0.2) is 0 Å². The van der Waals surface area contributed by atoms with Crippen LogP contribution in [-0.4, -0.2) is 18.8 Å². The Morgan fingerprint density at radius 1 is 1.25 bits per heavy atom. The van der Waals surface area contributed by atoms with Crippen LogP contribution in [0.3, 0.4) is 0 Å². The lowest BCUT2D eigenvalue weighted by atomic mass is 9.64. The van der Waals surface area contributed by atoms with E-state index in [1.165, 1.54) is 51.4 Å². The molecule has 94 valence electrons. The van der Waals surface area contributed by atoms with Crippen LogP contribution in [0.2, 0.25) is 0 Å². The van der Waals surface area contributed by atoms with Crippen LogP contribution in [-0.2, 0) is 4.74 Å². The predicted molar refractivity (Wildman–Crippen MR) is 67.3 cm³/mol. The van der Waals surface area contributed by atoms with Crippen LogP contribution in [0.25, 0.3) is 0 Å². The highest BCUT2D eigenvalue weighted by Gasteiger charge is 2.47. The van der Waals surface area contributed by atoms with E-state index in [1.807, 2.05) is 7.11 Å². The van der Waals surface area contributed by atoms with Gasteiger partial charge in [0.1, 0.15) is 0 Å². The summed E-state index contributed by atoms with van der Waals surface area (Å²) in [6, 6.07) is 0.275. The van der Waals surface area contributed by atoms with Gasteiger partial charge in [0, 0.05) is 13.2 Å². The summed E-state index contributed by atoms with van der Waals surface area (Å²) in [4.78, 5) is 0. The summed E-state index contributed by atoms with van der Waals surface area (Å²) in [6.45, 7) is 2.32. The summed E-state index contributed by atoms with van der Waals surface area (Å²) in [5, 5.41) is 0. The number of hydrogen-bond acceptors (Lipinski definition) is 2. The summed E-state index contributed by atoms with van der Waals surface area (Å²) in [5.74, 6) is 1.55. The zero-order valence-electron chi connectivity index (χ0n) is 10.9. The van der Waals surface area contributed by atoms with Crippen LogP contribution in [0.5, 0.6) is 0 Å². The monoisotopic (exact) mass is 225 g/mol. The molecule has 2 aliphatic carbocycles. The molecule has 0 heterocycles. The maximum absolute atomic E-state index is 6.54. The minimum Gasteiger partial charge on any atom is -0.377 e. The van der Waals surface area contributed by atoms with Gasteiger partial charge in [-0.3, -0.25) is 0 Å². The molecule has 0 saturated heterocycles. The normalized spacial score (nSPS) is 35.4. The van der Waals surface area contributed by atoms with Crippen molar-refractivity contribution in [2.24, 2.45) is 17.6 Å². The molecule has 2 saturated carbocycles. The van der Waals surface area contributed by atoms with E-state index in [4.69, 9.17) is 10.5 Å². The molecule has 0 aromatic rings. The molecule has 0 amide bonds. The Hall–Kier alpha value is -0.0800. The van der Waals surface area contributed by atoms with Crippen molar-refractivity contribution in [3.63, 3.8) is 0 Å². The van der Waals surface area contributed by atoms with Crippen LogP contribution in [0.4, 0.5) is 0 Å². The van der Waals surface area contributed by atoms with Crippen LogP contribution < -0.4 is 5.73 Å². The van der Waals surface area contributed by atoms with Crippen LogP contribution >= 0.6 is 0 Å². The summed E-state index contributed by atoms with van der Waals surface area (Å²) in [6.07, 6.45) is 10.4. The van der Waals surface area contributed by atoms with Gasteiger partial charge in [-0.1, -0.05) is 32.6 Å². The molecule has 2 heteroatoms. The Morgan fingerprint density at radius 2 is 1.94 bits per heavy atom. The van der Waals surface area contributed by atoms with Gasteiger partial charge in [-0.2, -0.15) is 0 Å². The molecular weight excluding hydrogens is 198 g/mol. The van der Waals surface area contributed by atoms with E-state index in [2.05, 4.69) is 6.92 Å². The van der Waals surface area contributed by atoms with E-state index < -0.39 is 0 Å². The maximum Gasteiger partial charge on any atom is 0.0831 e. The number of methoxy groups -OCH3 is 1. The van der Waals surface area contributed by atoms with Crippen molar-refractivity contribution in [3.05, 3.63) is 0 Å². The van der Waals surface area contributed by atoms with Crippen LogP contribution in [0.1, 0.15) is 58.3 Å². The van der Waals surface area contributed by atoms with Crippen molar-refractivity contribution in [3.8, 4) is 0 Å².